The molecule has 1 rings (SSSR count). The first-order valence-corrected chi connectivity index (χ1v) is 8.48. The van der Waals surface area contributed by atoms with Crippen molar-refractivity contribution in [2.24, 2.45) is 5.73 Å². The van der Waals surface area contributed by atoms with Gasteiger partial charge in [-0.15, -0.1) is 0 Å². The fourth-order valence-corrected chi connectivity index (χ4v) is 2.62. The summed E-state index contributed by atoms with van der Waals surface area (Å²) in [6.07, 6.45) is 2.18. The molecular weight excluding hydrogens is 274 g/mol. The largest absolute Gasteiger partial charge is 0.493 e. The average molecular weight is 307 g/mol. The lowest BCUT2D eigenvalue weighted by Gasteiger charge is -2.26. The first kappa shape index (κ1) is 19.0. The molecule has 3 N–H and O–H groups in total. The molecule has 126 valence electrons. The maximum Gasteiger partial charge on any atom is 0.122 e. The summed E-state index contributed by atoms with van der Waals surface area (Å²) >= 11 is 0. The van der Waals surface area contributed by atoms with Gasteiger partial charge in [-0.2, -0.15) is 0 Å². The smallest absolute Gasteiger partial charge is 0.122 e. The van der Waals surface area contributed by atoms with Gasteiger partial charge < -0.3 is 15.6 Å². The van der Waals surface area contributed by atoms with Crippen molar-refractivity contribution >= 4 is 0 Å². The van der Waals surface area contributed by atoms with Gasteiger partial charge in [0.2, 0.25) is 0 Å². The van der Waals surface area contributed by atoms with Crippen molar-refractivity contribution in [3.63, 3.8) is 0 Å². The standard InChI is InChI=1S/C19H33NO2/c1-6-10-22-18-9-8-15(19(3,4)5)12-17(18)14(7-2)11-16(21)13-20/h8-9,12,14,16,21H,6-7,10-11,13,20H2,1-5H3. The predicted molar refractivity (Wildman–Crippen MR) is 93.6 cm³/mol. The highest BCUT2D eigenvalue weighted by Crippen LogP contribution is 2.36. The van der Waals surface area contributed by atoms with Crippen LogP contribution in [0.1, 0.15) is 70.9 Å². The molecule has 0 bridgehead atoms. The molecule has 0 saturated carbocycles. The molecule has 0 radical (unpaired) electrons. The lowest BCUT2D eigenvalue weighted by Crippen LogP contribution is -2.22. The normalized spacial score (nSPS) is 14.7. The van der Waals surface area contributed by atoms with E-state index in [0.717, 1.165) is 25.2 Å². The van der Waals surface area contributed by atoms with E-state index in [-0.39, 0.29) is 11.3 Å². The number of aliphatic hydroxyl groups excluding tert-OH is 1. The number of hydrogen-bond donors (Lipinski definition) is 2. The van der Waals surface area contributed by atoms with Crippen molar-refractivity contribution < 1.29 is 9.84 Å². The van der Waals surface area contributed by atoms with Crippen LogP contribution in [0.5, 0.6) is 5.75 Å². The summed E-state index contributed by atoms with van der Waals surface area (Å²) in [4.78, 5) is 0. The molecule has 2 unspecified atom stereocenters. The van der Waals surface area contributed by atoms with E-state index < -0.39 is 6.10 Å². The Kier molecular flexibility index (Phi) is 7.37. The Morgan fingerprint density at radius 1 is 1.23 bits per heavy atom. The minimum Gasteiger partial charge on any atom is -0.493 e. The van der Waals surface area contributed by atoms with Gasteiger partial charge in [-0.3, -0.25) is 0 Å². The Morgan fingerprint density at radius 2 is 1.91 bits per heavy atom. The number of hydrogen-bond acceptors (Lipinski definition) is 3. The Hall–Kier alpha value is -1.06. The van der Waals surface area contributed by atoms with E-state index in [1.807, 2.05) is 0 Å². The van der Waals surface area contributed by atoms with Gasteiger partial charge in [0, 0.05) is 6.54 Å². The van der Waals surface area contributed by atoms with Crippen LogP contribution < -0.4 is 10.5 Å². The molecule has 0 aliphatic carbocycles. The lowest BCUT2D eigenvalue weighted by molar-refractivity contribution is 0.161. The second-order valence-corrected chi connectivity index (χ2v) is 7.08. The molecule has 0 heterocycles. The topological polar surface area (TPSA) is 55.5 Å². The Balaban J connectivity index is 3.18. The third-order valence-electron chi connectivity index (χ3n) is 4.10. The number of nitrogens with two attached hydrogens (primary N) is 1. The molecule has 0 aliphatic rings. The maximum absolute atomic E-state index is 9.95. The predicted octanol–water partition coefficient (Wildman–Crippen LogP) is 3.98. The second kappa shape index (κ2) is 8.54. The van der Waals surface area contributed by atoms with Crippen LogP contribution in [0, 0.1) is 0 Å². The summed E-state index contributed by atoms with van der Waals surface area (Å²) in [5, 5.41) is 9.95. The van der Waals surface area contributed by atoms with Crippen LogP contribution >= 0.6 is 0 Å². The van der Waals surface area contributed by atoms with Crippen molar-refractivity contribution in [1.29, 1.82) is 0 Å². The van der Waals surface area contributed by atoms with E-state index in [0.29, 0.717) is 13.0 Å². The van der Waals surface area contributed by atoms with Gasteiger partial charge in [-0.25, -0.2) is 0 Å². The summed E-state index contributed by atoms with van der Waals surface area (Å²) in [6, 6.07) is 6.49. The molecule has 0 fully saturated rings. The van der Waals surface area contributed by atoms with Gasteiger partial charge in [0.1, 0.15) is 5.75 Å². The van der Waals surface area contributed by atoms with Crippen molar-refractivity contribution in [2.45, 2.75) is 71.3 Å². The summed E-state index contributed by atoms with van der Waals surface area (Å²) in [5.41, 5.74) is 8.19. The fourth-order valence-electron chi connectivity index (χ4n) is 2.62. The van der Waals surface area contributed by atoms with Crippen LogP contribution in [0.15, 0.2) is 18.2 Å². The first-order valence-electron chi connectivity index (χ1n) is 8.48. The van der Waals surface area contributed by atoms with Crippen molar-refractivity contribution in [3.8, 4) is 5.75 Å². The van der Waals surface area contributed by atoms with Crippen molar-refractivity contribution in [3.05, 3.63) is 29.3 Å². The van der Waals surface area contributed by atoms with Crippen LogP contribution in [-0.4, -0.2) is 24.4 Å². The highest BCUT2D eigenvalue weighted by atomic mass is 16.5. The molecule has 22 heavy (non-hydrogen) atoms. The zero-order valence-corrected chi connectivity index (χ0v) is 14.9. The van der Waals surface area contributed by atoms with Crippen molar-refractivity contribution in [2.75, 3.05) is 13.2 Å². The molecule has 0 aliphatic heterocycles. The first-order chi connectivity index (χ1) is 10.3. The molecule has 0 spiro atoms. The summed E-state index contributed by atoms with van der Waals surface area (Å²) in [6.45, 7) is 11.9. The zero-order chi connectivity index (χ0) is 16.8. The molecule has 1 aromatic rings. The van der Waals surface area contributed by atoms with Gasteiger partial charge in [0.05, 0.1) is 12.7 Å². The van der Waals surface area contributed by atoms with E-state index >= 15 is 0 Å². The zero-order valence-electron chi connectivity index (χ0n) is 14.9. The van der Waals surface area contributed by atoms with Gasteiger partial charge in [-0.05, 0) is 47.8 Å². The third kappa shape index (κ3) is 5.29. The molecule has 3 nitrogen and oxygen atoms in total. The van der Waals surface area contributed by atoms with Crippen LogP contribution in [0.2, 0.25) is 0 Å². The minimum absolute atomic E-state index is 0.100. The van der Waals surface area contributed by atoms with E-state index in [1.165, 1.54) is 11.1 Å². The summed E-state index contributed by atoms with van der Waals surface area (Å²) < 4.78 is 5.94. The highest BCUT2D eigenvalue weighted by molar-refractivity contribution is 5.42. The highest BCUT2D eigenvalue weighted by Gasteiger charge is 2.22. The molecule has 0 aromatic heterocycles. The second-order valence-electron chi connectivity index (χ2n) is 7.08. The van der Waals surface area contributed by atoms with E-state index in [4.69, 9.17) is 10.5 Å². The van der Waals surface area contributed by atoms with Crippen LogP contribution in [0.25, 0.3) is 0 Å². The third-order valence-corrected chi connectivity index (χ3v) is 4.10. The number of benzene rings is 1. The summed E-state index contributed by atoms with van der Waals surface area (Å²) in [5.74, 6) is 1.22. The molecule has 3 heteroatoms. The molecular formula is C19H33NO2. The molecule has 0 saturated heterocycles. The van der Waals surface area contributed by atoms with Crippen molar-refractivity contribution in [1.82, 2.24) is 0 Å². The number of rotatable bonds is 8. The Labute approximate surface area is 135 Å². The molecule has 2 atom stereocenters. The van der Waals surface area contributed by atoms with Crippen LogP contribution in [0.3, 0.4) is 0 Å². The van der Waals surface area contributed by atoms with Gasteiger partial charge in [0.25, 0.3) is 0 Å². The number of ether oxygens (including phenoxy) is 1. The Bertz CT molecular complexity index is 451. The van der Waals surface area contributed by atoms with E-state index in [2.05, 4.69) is 52.8 Å². The van der Waals surface area contributed by atoms with Gasteiger partial charge >= 0.3 is 0 Å². The monoisotopic (exact) mass is 307 g/mol. The fraction of sp³-hybridized carbons (Fsp3) is 0.684. The van der Waals surface area contributed by atoms with E-state index in [1.54, 1.807) is 0 Å². The Morgan fingerprint density at radius 3 is 2.41 bits per heavy atom. The maximum atomic E-state index is 9.95. The minimum atomic E-state index is -0.456. The molecule has 1 aromatic carbocycles. The molecule has 0 amide bonds. The quantitative estimate of drug-likeness (QED) is 0.764. The SMILES string of the molecule is CCCOc1ccc(C(C)(C)C)cc1C(CC)CC(O)CN. The van der Waals surface area contributed by atoms with E-state index in [9.17, 15) is 5.11 Å². The number of aliphatic hydroxyl groups is 1. The van der Waals surface area contributed by atoms with Gasteiger partial charge in [0.15, 0.2) is 0 Å². The van der Waals surface area contributed by atoms with Crippen LogP contribution in [-0.2, 0) is 5.41 Å². The van der Waals surface area contributed by atoms with Gasteiger partial charge in [-0.1, -0.05) is 46.8 Å². The summed E-state index contributed by atoms with van der Waals surface area (Å²) in [7, 11) is 0. The van der Waals surface area contributed by atoms with Crippen LogP contribution in [0.4, 0.5) is 0 Å². The lowest BCUT2D eigenvalue weighted by atomic mass is 9.82. The average Bonchev–Trinajstić information content (AvgIpc) is 2.49.